The highest BCUT2D eigenvalue weighted by Gasteiger charge is 2.16. The van der Waals surface area contributed by atoms with Crippen LogP contribution < -0.4 is 5.32 Å². The van der Waals surface area contributed by atoms with Gasteiger partial charge in [0.05, 0.1) is 16.7 Å². The Bertz CT molecular complexity index is 490. The van der Waals surface area contributed by atoms with Crippen molar-refractivity contribution in [3.05, 3.63) is 28.2 Å². The van der Waals surface area contributed by atoms with Gasteiger partial charge in [0, 0.05) is 18.3 Å². The largest absolute Gasteiger partial charge is 0.311 e. The first-order valence-electron chi connectivity index (χ1n) is 6.20. The highest BCUT2D eigenvalue weighted by Crippen LogP contribution is 2.19. The van der Waals surface area contributed by atoms with Crippen LogP contribution in [-0.2, 0) is 13.0 Å². The minimum Gasteiger partial charge on any atom is -0.311 e. The van der Waals surface area contributed by atoms with Crippen molar-refractivity contribution in [3.8, 4) is 0 Å². The molecule has 1 unspecified atom stereocenters. The second-order valence-corrected chi connectivity index (χ2v) is 5.30. The maximum absolute atomic E-state index is 4.54. The Labute approximate surface area is 111 Å². The highest BCUT2D eigenvalue weighted by atomic mass is 32.1. The lowest BCUT2D eigenvalue weighted by Crippen LogP contribution is -2.21. The van der Waals surface area contributed by atoms with Crippen LogP contribution in [0.2, 0.25) is 0 Å². The van der Waals surface area contributed by atoms with Crippen LogP contribution in [0.15, 0.2) is 11.7 Å². The van der Waals surface area contributed by atoms with Gasteiger partial charge in [-0.15, -0.1) is 11.3 Å². The zero-order valence-corrected chi connectivity index (χ0v) is 11.9. The molecule has 0 saturated carbocycles. The van der Waals surface area contributed by atoms with Gasteiger partial charge in [0.1, 0.15) is 12.2 Å². The summed E-state index contributed by atoms with van der Waals surface area (Å²) in [5.74, 6) is 1.02. The molecular weight excluding hydrogens is 246 g/mol. The summed E-state index contributed by atoms with van der Waals surface area (Å²) in [4.78, 5) is 8.88. The van der Waals surface area contributed by atoms with E-state index in [9.17, 15) is 0 Å². The van der Waals surface area contributed by atoms with Crippen LogP contribution in [0.1, 0.15) is 35.9 Å². The number of nitrogens with zero attached hydrogens (tertiary/aromatic N) is 4. The molecule has 0 aliphatic rings. The van der Waals surface area contributed by atoms with E-state index in [1.165, 1.54) is 0 Å². The number of aryl methyl sites for hydroxylation is 2. The molecule has 0 spiro atoms. The van der Waals surface area contributed by atoms with Gasteiger partial charge in [-0.1, -0.05) is 6.92 Å². The van der Waals surface area contributed by atoms with Crippen molar-refractivity contribution in [2.45, 2.75) is 39.3 Å². The SMILES string of the molecule is CCCn1ncnc1CC(NC)c1csc(C)n1. The molecule has 1 atom stereocenters. The van der Waals surface area contributed by atoms with Crippen LogP contribution in [0.4, 0.5) is 0 Å². The number of thiazole rings is 1. The third-order valence-electron chi connectivity index (χ3n) is 2.86. The Morgan fingerprint density at radius 1 is 1.50 bits per heavy atom. The monoisotopic (exact) mass is 265 g/mol. The fraction of sp³-hybridized carbons (Fsp3) is 0.583. The quantitative estimate of drug-likeness (QED) is 0.867. The molecule has 0 aliphatic carbocycles. The van der Waals surface area contributed by atoms with E-state index >= 15 is 0 Å². The molecule has 0 bridgehead atoms. The molecule has 2 heterocycles. The van der Waals surface area contributed by atoms with Gasteiger partial charge in [0.25, 0.3) is 0 Å². The van der Waals surface area contributed by atoms with Crippen LogP contribution in [0.25, 0.3) is 0 Å². The molecule has 0 fully saturated rings. The van der Waals surface area contributed by atoms with E-state index in [0.717, 1.165) is 35.9 Å². The summed E-state index contributed by atoms with van der Waals surface area (Å²) in [6, 6.07) is 0.203. The molecule has 98 valence electrons. The molecule has 0 aromatic carbocycles. The van der Waals surface area contributed by atoms with E-state index in [4.69, 9.17) is 0 Å². The molecule has 0 amide bonds. The summed E-state index contributed by atoms with van der Waals surface area (Å²) in [7, 11) is 1.96. The van der Waals surface area contributed by atoms with Crippen LogP contribution in [-0.4, -0.2) is 26.8 Å². The van der Waals surface area contributed by atoms with Gasteiger partial charge in [-0.3, -0.25) is 4.68 Å². The van der Waals surface area contributed by atoms with Gasteiger partial charge in [0.2, 0.25) is 0 Å². The number of likely N-dealkylation sites (N-methyl/N-ethyl adjacent to an activating group) is 1. The van der Waals surface area contributed by atoms with Crippen molar-refractivity contribution in [2.24, 2.45) is 0 Å². The number of nitrogens with one attached hydrogen (secondary N) is 1. The molecule has 1 N–H and O–H groups in total. The highest BCUT2D eigenvalue weighted by molar-refractivity contribution is 7.09. The van der Waals surface area contributed by atoms with Gasteiger partial charge >= 0.3 is 0 Å². The Morgan fingerprint density at radius 2 is 2.33 bits per heavy atom. The van der Waals surface area contributed by atoms with Crippen molar-refractivity contribution in [2.75, 3.05) is 7.05 Å². The van der Waals surface area contributed by atoms with Gasteiger partial charge < -0.3 is 5.32 Å². The third-order valence-corrected chi connectivity index (χ3v) is 3.65. The van der Waals surface area contributed by atoms with E-state index in [1.807, 2.05) is 18.7 Å². The van der Waals surface area contributed by atoms with E-state index in [2.05, 4.69) is 32.7 Å². The van der Waals surface area contributed by atoms with Crippen molar-refractivity contribution in [3.63, 3.8) is 0 Å². The summed E-state index contributed by atoms with van der Waals surface area (Å²) < 4.78 is 1.98. The predicted octanol–water partition coefficient (Wildman–Crippen LogP) is 1.96. The van der Waals surface area contributed by atoms with Crippen LogP contribution in [0.3, 0.4) is 0 Å². The number of aromatic nitrogens is 4. The van der Waals surface area contributed by atoms with E-state index < -0.39 is 0 Å². The molecular formula is C12H19N5S. The van der Waals surface area contributed by atoms with Crippen LogP contribution in [0, 0.1) is 6.92 Å². The predicted molar refractivity (Wildman–Crippen MR) is 72.7 cm³/mol. The number of hydrogen-bond donors (Lipinski definition) is 1. The van der Waals surface area contributed by atoms with Crippen molar-refractivity contribution >= 4 is 11.3 Å². The Morgan fingerprint density at radius 3 is 2.94 bits per heavy atom. The zero-order valence-electron chi connectivity index (χ0n) is 11.1. The fourth-order valence-electron chi connectivity index (χ4n) is 1.92. The average molecular weight is 265 g/mol. The zero-order chi connectivity index (χ0) is 13.0. The molecule has 0 radical (unpaired) electrons. The molecule has 2 aromatic rings. The lowest BCUT2D eigenvalue weighted by Gasteiger charge is -2.13. The summed E-state index contributed by atoms with van der Waals surface area (Å²) in [6.07, 6.45) is 3.51. The lowest BCUT2D eigenvalue weighted by molar-refractivity contribution is 0.511. The van der Waals surface area contributed by atoms with Crippen molar-refractivity contribution in [1.29, 1.82) is 0 Å². The molecule has 18 heavy (non-hydrogen) atoms. The summed E-state index contributed by atoms with van der Waals surface area (Å²) in [6.45, 7) is 5.09. The van der Waals surface area contributed by atoms with Crippen LogP contribution in [0.5, 0.6) is 0 Å². The maximum atomic E-state index is 4.54. The normalized spacial score (nSPS) is 12.8. The summed E-state index contributed by atoms with van der Waals surface area (Å²) >= 11 is 1.68. The first-order chi connectivity index (χ1) is 8.74. The first kappa shape index (κ1) is 13.2. The van der Waals surface area contributed by atoms with Gasteiger partial charge in [-0.2, -0.15) is 5.10 Å². The molecule has 2 rings (SSSR count). The summed E-state index contributed by atoms with van der Waals surface area (Å²) in [5.41, 5.74) is 1.09. The molecule has 5 nitrogen and oxygen atoms in total. The standard InChI is InChI=1S/C12H19N5S/c1-4-5-17-12(14-8-15-17)6-10(13-3)11-7-18-9(2)16-11/h7-8,10,13H,4-6H2,1-3H3. The van der Waals surface area contributed by atoms with E-state index in [1.54, 1.807) is 17.7 Å². The Hall–Kier alpha value is -1.27. The van der Waals surface area contributed by atoms with Crippen molar-refractivity contribution in [1.82, 2.24) is 25.1 Å². The van der Waals surface area contributed by atoms with Gasteiger partial charge in [-0.05, 0) is 20.4 Å². The fourth-order valence-corrected chi connectivity index (χ4v) is 2.59. The van der Waals surface area contributed by atoms with Gasteiger partial charge in [0.15, 0.2) is 0 Å². The van der Waals surface area contributed by atoms with E-state index in [0.29, 0.717) is 0 Å². The topological polar surface area (TPSA) is 55.6 Å². The summed E-state index contributed by atoms with van der Waals surface area (Å²) in [5, 5.41) is 10.8. The second kappa shape index (κ2) is 6.06. The third kappa shape index (κ3) is 2.94. The molecule has 0 saturated heterocycles. The molecule has 2 aromatic heterocycles. The Balaban J connectivity index is 2.12. The van der Waals surface area contributed by atoms with E-state index in [-0.39, 0.29) is 6.04 Å². The second-order valence-electron chi connectivity index (χ2n) is 4.24. The lowest BCUT2D eigenvalue weighted by atomic mass is 10.1. The smallest absolute Gasteiger partial charge is 0.138 e. The van der Waals surface area contributed by atoms with Gasteiger partial charge in [-0.25, -0.2) is 9.97 Å². The number of rotatable bonds is 6. The minimum absolute atomic E-state index is 0.203. The van der Waals surface area contributed by atoms with Crippen molar-refractivity contribution < 1.29 is 0 Å². The van der Waals surface area contributed by atoms with Crippen LogP contribution >= 0.6 is 11.3 Å². The average Bonchev–Trinajstić information content (AvgIpc) is 2.96. The number of hydrogen-bond acceptors (Lipinski definition) is 5. The maximum Gasteiger partial charge on any atom is 0.138 e. The minimum atomic E-state index is 0.203. The first-order valence-corrected chi connectivity index (χ1v) is 7.08. The Kier molecular flexibility index (Phi) is 4.43. The molecule has 6 heteroatoms. The molecule has 0 aliphatic heterocycles.